The first-order valence-corrected chi connectivity index (χ1v) is 8.16. The van der Waals surface area contributed by atoms with E-state index < -0.39 is 18.0 Å². The second-order valence-corrected chi connectivity index (χ2v) is 5.62. The Morgan fingerprint density at radius 3 is 2.12 bits per heavy atom. The van der Waals surface area contributed by atoms with Gasteiger partial charge in [0.05, 0.1) is 24.0 Å². The zero-order chi connectivity index (χ0) is 18.2. The lowest BCUT2D eigenvalue weighted by molar-refractivity contribution is -0.00516. The predicted molar refractivity (Wildman–Crippen MR) is 94.6 cm³/mol. The largest absolute Gasteiger partial charge is 0.458 e. The second kappa shape index (κ2) is 8.62. The van der Waals surface area contributed by atoms with Gasteiger partial charge in [-0.05, 0) is 24.3 Å². The van der Waals surface area contributed by atoms with Gasteiger partial charge in [-0.1, -0.05) is 36.4 Å². The molecule has 1 atom stereocenters. The lowest BCUT2D eigenvalue weighted by Gasteiger charge is -2.18. The van der Waals surface area contributed by atoms with Gasteiger partial charge >= 0.3 is 11.9 Å². The van der Waals surface area contributed by atoms with Crippen LogP contribution in [0.25, 0.3) is 0 Å². The van der Waals surface area contributed by atoms with Crippen LogP contribution < -0.4 is 0 Å². The highest BCUT2D eigenvalue weighted by Crippen LogP contribution is 2.08. The van der Waals surface area contributed by atoms with Gasteiger partial charge in [-0.15, -0.1) is 0 Å². The van der Waals surface area contributed by atoms with Crippen LogP contribution in [-0.2, 0) is 16.0 Å². The fraction of sp³-hybridized carbons (Fsp3) is 0.150. The molecule has 0 fully saturated rings. The minimum Gasteiger partial charge on any atom is -0.458 e. The normalized spacial score (nSPS) is 11.5. The maximum absolute atomic E-state index is 12.3. The van der Waals surface area contributed by atoms with E-state index in [2.05, 4.69) is 4.98 Å². The zero-order valence-electron chi connectivity index (χ0n) is 14.0. The minimum atomic E-state index is -0.635. The van der Waals surface area contributed by atoms with E-state index in [1.807, 2.05) is 12.1 Å². The van der Waals surface area contributed by atoms with Crippen LogP contribution in [0.4, 0.5) is 0 Å². The molecule has 0 saturated heterocycles. The minimum absolute atomic E-state index is 0.0511. The van der Waals surface area contributed by atoms with Crippen molar-refractivity contribution in [2.45, 2.75) is 12.6 Å². The standard InChI is InChI=1S/C20H18N2O4/c23-19(16-7-3-1-4-8-16)25-14-18(13-22-12-11-21-15-22)26-20(24)17-9-5-2-6-10-17/h1-12,15,18H,13-14H2. The highest BCUT2D eigenvalue weighted by molar-refractivity contribution is 5.90. The average molecular weight is 350 g/mol. The van der Waals surface area contributed by atoms with Crippen molar-refractivity contribution in [2.75, 3.05) is 6.61 Å². The number of carbonyl (C=O) groups excluding carboxylic acids is 2. The van der Waals surface area contributed by atoms with Crippen molar-refractivity contribution in [3.8, 4) is 0 Å². The Hall–Kier alpha value is -3.41. The molecular weight excluding hydrogens is 332 g/mol. The van der Waals surface area contributed by atoms with Crippen LogP contribution in [0.3, 0.4) is 0 Å². The van der Waals surface area contributed by atoms with Gasteiger partial charge in [0.2, 0.25) is 0 Å². The van der Waals surface area contributed by atoms with E-state index in [4.69, 9.17) is 9.47 Å². The molecule has 1 aromatic heterocycles. The number of hydrogen-bond acceptors (Lipinski definition) is 5. The van der Waals surface area contributed by atoms with E-state index >= 15 is 0 Å². The molecule has 0 aliphatic heterocycles. The molecule has 0 saturated carbocycles. The second-order valence-electron chi connectivity index (χ2n) is 5.62. The molecule has 0 aliphatic carbocycles. The Bertz CT molecular complexity index is 833. The van der Waals surface area contributed by atoms with Crippen molar-refractivity contribution in [1.29, 1.82) is 0 Å². The zero-order valence-corrected chi connectivity index (χ0v) is 14.0. The van der Waals surface area contributed by atoms with E-state index in [0.717, 1.165) is 0 Å². The van der Waals surface area contributed by atoms with Crippen LogP contribution in [-0.4, -0.2) is 34.2 Å². The first-order chi connectivity index (χ1) is 12.7. The number of imidazole rings is 1. The summed E-state index contributed by atoms with van der Waals surface area (Å²) in [5.74, 6) is -0.927. The molecule has 132 valence electrons. The third kappa shape index (κ3) is 4.80. The van der Waals surface area contributed by atoms with E-state index in [9.17, 15) is 9.59 Å². The first kappa shape index (κ1) is 17.4. The van der Waals surface area contributed by atoms with Crippen molar-refractivity contribution in [2.24, 2.45) is 0 Å². The molecule has 1 unspecified atom stereocenters. The van der Waals surface area contributed by atoms with Crippen LogP contribution in [0.1, 0.15) is 20.7 Å². The summed E-state index contributed by atoms with van der Waals surface area (Å²) in [7, 11) is 0. The molecule has 0 amide bonds. The van der Waals surface area contributed by atoms with Crippen molar-refractivity contribution >= 4 is 11.9 Å². The van der Waals surface area contributed by atoms with E-state index in [0.29, 0.717) is 17.7 Å². The maximum atomic E-state index is 12.3. The van der Waals surface area contributed by atoms with Gasteiger partial charge in [0.15, 0.2) is 6.10 Å². The molecule has 0 spiro atoms. The number of hydrogen-bond donors (Lipinski definition) is 0. The lowest BCUT2D eigenvalue weighted by atomic mass is 10.2. The van der Waals surface area contributed by atoms with Gasteiger partial charge < -0.3 is 14.0 Å². The molecule has 3 rings (SSSR count). The SMILES string of the molecule is O=C(OCC(Cn1ccnc1)OC(=O)c1ccccc1)c1ccccc1. The van der Waals surface area contributed by atoms with Gasteiger partial charge in [0.25, 0.3) is 0 Å². The number of esters is 2. The lowest BCUT2D eigenvalue weighted by Crippen LogP contribution is -2.29. The first-order valence-electron chi connectivity index (χ1n) is 8.16. The van der Waals surface area contributed by atoms with Crippen LogP contribution in [0.15, 0.2) is 79.4 Å². The van der Waals surface area contributed by atoms with Crippen LogP contribution in [0, 0.1) is 0 Å². The third-order valence-electron chi connectivity index (χ3n) is 3.67. The van der Waals surface area contributed by atoms with Crippen molar-refractivity contribution in [1.82, 2.24) is 9.55 Å². The number of carbonyl (C=O) groups is 2. The van der Waals surface area contributed by atoms with E-state index in [1.165, 1.54) is 0 Å². The number of aromatic nitrogens is 2. The Kier molecular flexibility index (Phi) is 5.77. The Labute approximate surface area is 151 Å². The Morgan fingerprint density at radius 1 is 0.923 bits per heavy atom. The smallest absolute Gasteiger partial charge is 0.338 e. The molecule has 26 heavy (non-hydrogen) atoms. The third-order valence-corrected chi connectivity index (χ3v) is 3.67. The Morgan fingerprint density at radius 2 is 1.54 bits per heavy atom. The summed E-state index contributed by atoms with van der Waals surface area (Å²) in [6.07, 6.45) is 4.36. The van der Waals surface area contributed by atoms with Crippen LogP contribution >= 0.6 is 0 Å². The number of benzene rings is 2. The van der Waals surface area contributed by atoms with Gasteiger partial charge in [0, 0.05) is 12.4 Å². The molecule has 1 heterocycles. The summed E-state index contributed by atoms with van der Waals surface area (Å²) in [6, 6.07) is 17.4. The highest BCUT2D eigenvalue weighted by atomic mass is 16.6. The fourth-order valence-electron chi connectivity index (χ4n) is 2.37. The average Bonchev–Trinajstić information content (AvgIpc) is 3.20. The predicted octanol–water partition coefficient (Wildman–Crippen LogP) is 2.97. The molecule has 0 radical (unpaired) electrons. The molecule has 3 aromatic rings. The molecule has 6 heteroatoms. The summed E-state index contributed by atoms with van der Waals surface area (Å²) in [6.45, 7) is 0.283. The van der Waals surface area contributed by atoms with Crippen molar-refractivity contribution < 1.29 is 19.1 Å². The van der Waals surface area contributed by atoms with Crippen LogP contribution in [0.5, 0.6) is 0 Å². The summed E-state index contributed by atoms with van der Waals surface area (Å²) in [5, 5.41) is 0. The number of rotatable bonds is 7. The molecule has 2 aromatic carbocycles. The number of ether oxygens (including phenoxy) is 2. The topological polar surface area (TPSA) is 70.4 Å². The quantitative estimate of drug-likeness (QED) is 0.613. The van der Waals surface area contributed by atoms with Crippen LogP contribution in [0.2, 0.25) is 0 Å². The molecule has 0 aliphatic rings. The summed E-state index contributed by atoms with van der Waals surface area (Å²) in [4.78, 5) is 28.4. The van der Waals surface area contributed by atoms with Gasteiger partial charge in [-0.25, -0.2) is 14.6 Å². The fourth-order valence-corrected chi connectivity index (χ4v) is 2.37. The summed E-state index contributed by atoms with van der Waals surface area (Å²) < 4.78 is 12.6. The van der Waals surface area contributed by atoms with Crippen molar-refractivity contribution in [3.05, 3.63) is 90.5 Å². The van der Waals surface area contributed by atoms with Gasteiger partial charge in [-0.2, -0.15) is 0 Å². The molecule has 0 N–H and O–H groups in total. The molecular formula is C20H18N2O4. The van der Waals surface area contributed by atoms with Gasteiger partial charge in [0.1, 0.15) is 6.61 Å². The highest BCUT2D eigenvalue weighted by Gasteiger charge is 2.19. The van der Waals surface area contributed by atoms with Gasteiger partial charge in [-0.3, -0.25) is 0 Å². The number of nitrogens with zero attached hydrogens (tertiary/aromatic N) is 2. The Balaban J connectivity index is 1.65. The van der Waals surface area contributed by atoms with E-state index in [-0.39, 0.29) is 6.61 Å². The summed E-state index contributed by atoms with van der Waals surface area (Å²) >= 11 is 0. The molecule has 0 bridgehead atoms. The molecule has 6 nitrogen and oxygen atoms in total. The monoisotopic (exact) mass is 350 g/mol. The van der Waals surface area contributed by atoms with E-state index in [1.54, 1.807) is 71.8 Å². The maximum Gasteiger partial charge on any atom is 0.338 e. The summed E-state index contributed by atoms with van der Waals surface area (Å²) in [5.41, 5.74) is 0.890. The van der Waals surface area contributed by atoms with Crippen molar-refractivity contribution in [3.63, 3.8) is 0 Å².